The minimum Gasteiger partial charge on any atom is -0.324 e. The average molecular weight is 308 g/mol. The van der Waals surface area contributed by atoms with Crippen molar-refractivity contribution >= 4 is 23.4 Å². The molecule has 0 bridgehead atoms. The summed E-state index contributed by atoms with van der Waals surface area (Å²) in [6, 6.07) is 7.91. The van der Waals surface area contributed by atoms with E-state index in [1.54, 1.807) is 24.4 Å². The number of fused-ring (bicyclic) bond motifs is 2. The fourth-order valence-electron chi connectivity index (χ4n) is 2.35. The van der Waals surface area contributed by atoms with Crippen LogP contribution in [0.2, 0.25) is 0 Å². The second kappa shape index (κ2) is 4.73. The van der Waals surface area contributed by atoms with E-state index < -0.39 is 17.8 Å². The van der Waals surface area contributed by atoms with Crippen LogP contribution in [-0.2, 0) is 4.84 Å². The Morgan fingerprint density at radius 3 is 2.43 bits per heavy atom. The number of nitrogens with zero attached hydrogens (tertiary/aromatic N) is 4. The lowest BCUT2D eigenvalue weighted by Crippen LogP contribution is -2.32. The molecular weight excluding hydrogens is 300 g/mol. The van der Waals surface area contributed by atoms with E-state index in [4.69, 9.17) is 4.84 Å². The summed E-state index contributed by atoms with van der Waals surface area (Å²) in [4.78, 5) is 45.6. The molecule has 0 spiro atoms. The van der Waals surface area contributed by atoms with E-state index in [0.29, 0.717) is 5.06 Å². The molecule has 0 aliphatic carbocycles. The molecule has 3 heterocycles. The molecule has 3 aromatic rings. The van der Waals surface area contributed by atoms with Gasteiger partial charge in [0.05, 0.1) is 17.3 Å². The van der Waals surface area contributed by atoms with Gasteiger partial charge in [-0.3, -0.25) is 9.59 Å². The first-order chi connectivity index (χ1) is 11.2. The van der Waals surface area contributed by atoms with Gasteiger partial charge in [-0.25, -0.2) is 14.3 Å². The molecule has 1 aliphatic rings. The Bertz CT molecular complexity index is 943. The number of amides is 2. The van der Waals surface area contributed by atoms with Crippen LogP contribution in [0, 0.1) is 0 Å². The van der Waals surface area contributed by atoms with Gasteiger partial charge >= 0.3 is 5.97 Å². The van der Waals surface area contributed by atoms with Gasteiger partial charge in [0, 0.05) is 12.4 Å². The molecule has 8 nitrogen and oxygen atoms in total. The van der Waals surface area contributed by atoms with Gasteiger partial charge in [0.2, 0.25) is 0 Å². The van der Waals surface area contributed by atoms with E-state index in [1.165, 1.54) is 29.0 Å². The third-order valence-corrected chi connectivity index (χ3v) is 3.43. The van der Waals surface area contributed by atoms with Crippen molar-refractivity contribution in [3.63, 3.8) is 0 Å². The predicted octanol–water partition coefficient (Wildman–Crippen LogP) is 1.10. The first-order valence-corrected chi connectivity index (χ1v) is 6.65. The highest BCUT2D eigenvalue weighted by molar-refractivity contribution is 6.21. The minimum atomic E-state index is -0.881. The third-order valence-electron chi connectivity index (χ3n) is 3.43. The Hall–Kier alpha value is -3.55. The van der Waals surface area contributed by atoms with Crippen LogP contribution < -0.4 is 0 Å². The fraction of sp³-hybridized carbons (Fsp3) is 0. The SMILES string of the molecule is O=C(ON1C(=O)c2ccccc2C1=O)c1cnn2cccnc12. The second-order valence-electron chi connectivity index (χ2n) is 4.78. The zero-order valence-electron chi connectivity index (χ0n) is 11.5. The highest BCUT2D eigenvalue weighted by Gasteiger charge is 2.39. The predicted molar refractivity (Wildman–Crippen MR) is 75.3 cm³/mol. The van der Waals surface area contributed by atoms with E-state index in [0.717, 1.165) is 0 Å². The van der Waals surface area contributed by atoms with Gasteiger partial charge in [-0.15, -0.1) is 0 Å². The molecule has 2 amide bonds. The molecular formula is C15H8N4O4. The van der Waals surface area contributed by atoms with Crippen LogP contribution in [0.1, 0.15) is 31.1 Å². The highest BCUT2D eigenvalue weighted by Crippen LogP contribution is 2.23. The zero-order valence-corrected chi connectivity index (χ0v) is 11.5. The maximum Gasteiger partial charge on any atom is 0.369 e. The van der Waals surface area contributed by atoms with Gasteiger partial charge in [0.15, 0.2) is 5.65 Å². The number of imide groups is 1. The van der Waals surface area contributed by atoms with Crippen molar-refractivity contribution < 1.29 is 19.2 Å². The van der Waals surface area contributed by atoms with Gasteiger partial charge in [-0.1, -0.05) is 17.2 Å². The molecule has 8 heteroatoms. The molecule has 0 fully saturated rings. The summed E-state index contributed by atoms with van der Waals surface area (Å²) in [7, 11) is 0. The normalized spacial score (nSPS) is 13.5. The molecule has 4 rings (SSSR count). The number of aromatic nitrogens is 3. The van der Waals surface area contributed by atoms with Crippen LogP contribution in [0.25, 0.3) is 5.65 Å². The van der Waals surface area contributed by atoms with E-state index in [-0.39, 0.29) is 22.3 Å². The van der Waals surface area contributed by atoms with E-state index >= 15 is 0 Å². The first-order valence-electron chi connectivity index (χ1n) is 6.65. The minimum absolute atomic E-state index is 0.0576. The Morgan fingerprint density at radius 2 is 1.74 bits per heavy atom. The van der Waals surface area contributed by atoms with Crippen LogP contribution >= 0.6 is 0 Å². The van der Waals surface area contributed by atoms with Gasteiger partial charge in [0.25, 0.3) is 11.8 Å². The van der Waals surface area contributed by atoms with Crippen LogP contribution in [-0.4, -0.2) is 37.4 Å². The monoisotopic (exact) mass is 308 g/mol. The summed E-state index contributed by atoms with van der Waals surface area (Å²) in [5.74, 6) is -2.24. The van der Waals surface area contributed by atoms with Gasteiger partial charge in [-0.05, 0) is 18.2 Å². The fourth-order valence-corrected chi connectivity index (χ4v) is 2.35. The van der Waals surface area contributed by atoms with Gasteiger partial charge < -0.3 is 4.84 Å². The molecule has 23 heavy (non-hydrogen) atoms. The Labute approximate surface area is 128 Å². The summed E-state index contributed by atoms with van der Waals surface area (Å²) in [5.41, 5.74) is 0.725. The van der Waals surface area contributed by atoms with Crippen molar-refractivity contribution in [1.29, 1.82) is 0 Å². The lowest BCUT2D eigenvalue weighted by Gasteiger charge is -2.11. The molecule has 0 atom stereocenters. The maximum atomic E-state index is 12.3. The summed E-state index contributed by atoms with van der Waals surface area (Å²) in [6.45, 7) is 0. The first kappa shape index (κ1) is 13.1. The topological polar surface area (TPSA) is 93.9 Å². The smallest absolute Gasteiger partial charge is 0.324 e. The second-order valence-corrected chi connectivity index (χ2v) is 4.78. The van der Waals surface area contributed by atoms with E-state index in [1.807, 2.05) is 0 Å². The summed E-state index contributed by atoms with van der Waals surface area (Å²) in [6.07, 6.45) is 4.37. The molecule has 0 N–H and O–H groups in total. The Morgan fingerprint density at radius 1 is 1.04 bits per heavy atom. The average Bonchev–Trinajstić information content (AvgIpc) is 3.11. The van der Waals surface area contributed by atoms with Crippen LogP contribution in [0.5, 0.6) is 0 Å². The zero-order chi connectivity index (χ0) is 16.0. The van der Waals surface area contributed by atoms with E-state index in [2.05, 4.69) is 10.1 Å². The maximum absolute atomic E-state index is 12.3. The molecule has 0 saturated carbocycles. The molecule has 0 unspecified atom stereocenters. The molecule has 0 saturated heterocycles. The lowest BCUT2D eigenvalue weighted by atomic mass is 10.1. The molecule has 0 radical (unpaired) electrons. The van der Waals surface area contributed by atoms with Crippen molar-refractivity contribution in [1.82, 2.24) is 19.7 Å². The quantitative estimate of drug-likeness (QED) is 0.658. The van der Waals surface area contributed by atoms with Gasteiger partial charge in [0.1, 0.15) is 5.56 Å². The number of rotatable bonds is 2. The highest BCUT2D eigenvalue weighted by atomic mass is 16.7. The number of carbonyl (C=O) groups is 3. The van der Waals surface area contributed by atoms with Crippen molar-refractivity contribution in [2.24, 2.45) is 0 Å². The Kier molecular flexibility index (Phi) is 2.70. The number of hydrogen-bond donors (Lipinski definition) is 0. The standard InChI is InChI=1S/C15H8N4O4/c20-13-9-4-1-2-5-10(9)14(21)19(13)23-15(22)11-8-17-18-7-3-6-16-12(11)18/h1-8H. The van der Waals surface area contributed by atoms with Crippen molar-refractivity contribution in [3.8, 4) is 0 Å². The van der Waals surface area contributed by atoms with Crippen molar-refractivity contribution in [2.45, 2.75) is 0 Å². The number of hydroxylamine groups is 2. The van der Waals surface area contributed by atoms with Crippen LogP contribution in [0.3, 0.4) is 0 Å². The molecule has 1 aliphatic heterocycles. The molecule has 2 aromatic heterocycles. The molecule has 112 valence electrons. The largest absolute Gasteiger partial charge is 0.369 e. The van der Waals surface area contributed by atoms with Crippen LogP contribution in [0.4, 0.5) is 0 Å². The van der Waals surface area contributed by atoms with Crippen molar-refractivity contribution in [2.75, 3.05) is 0 Å². The summed E-state index contributed by atoms with van der Waals surface area (Å²) >= 11 is 0. The lowest BCUT2D eigenvalue weighted by molar-refractivity contribution is -0.0583. The third kappa shape index (κ3) is 1.89. The van der Waals surface area contributed by atoms with Crippen LogP contribution in [0.15, 0.2) is 48.9 Å². The van der Waals surface area contributed by atoms with Gasteiger partial charge in [-0.2, -0.15) is 5.10 Å². The van der Waals surface area contributed by atoms with Crippen molar-refractivity contribution in [3.05, 3.63) is 65.6 Å². The number of hydrogen-bond acceptors (Lipinski definition) is 6. The molecule has 1 aromatic carbocycles. The number of benzene rings is 1. The summed E-state index contributed by atoms with van der Waals surface area (Å²) < 4.78 is 1.39. The number of carbonyl (C=O) groups excluding carboxylic acids is 3. The Balaban J connectivity index is 1.65. The summed E-state index contributed by atoms with van der Waals surface area (Å²) in [5, 5.41) is 4.41. The van der Waals surface area contributed by atoms with E-state index in [9.17, 15) is 14.4 Å².